The number of hydrogen-bond acceptors (Lipinski definition) is 8. The predicted molar refractivity (Wildman–Crippen MR) is 112 cm³/mol. The number of benzene rings is 2. The Bertz CT molecular complexity index is 1020. The van der Waals surface area contributed by atoms with Gasteiger partial charge in [-0.1, -0.05) is 5.16 Å². The summed E-state index contributed by atoms with van der Waals surface area (Å²) >= 11 is 0. The van der Waals surface area contributed by atoms with Gasteiger partial charge in [0.25, 0.3) is 5.91 Å². The monoisotopic (exact) mass is 427 g/mol. The van der Waals surface area contributed by atoms with Crippen molar-refractivity contribution in [2.24, 2.45) is 0 Å². The standard InChI is InChI=1S/C22H25N3O6/c1-14(30-16-8-6-15(27-3)7-9-16)22(26)25(2)13-20-23-21(24-31-20)18-11-10-17(28-4)12-19(18)29-5/h6-12,14H,13H2,1-5H3/t14-/m1/s1. The van der Waals surface area contributed by atoms with Crippen LogP contribution in [0.2, 0.25) is 0 Å². The maximum Gasteiger partial charge on any atom is 0.263 e. The van der Waals surface area contributed by atoms with Crippen molar-refractivity contribution >= 4 is 5.91 Å². The highest BCUT2D eigenvalue weighted by atomic mass is 16.5. The normalized spacial score (nSPS) is 11.5. The molecular weight excluding hydrogens is 402 g/mol. The predicted octanol–water partition coefficient (Wildman–Crippen LogP) is 3.19. The van der Waals surface area contributed by atoms with E-state index in [0.29, 0.717) is 40.3 Å². The van der Waals surface area contributed by atoms with Crippen LogP contribution in [0.3, 0.4) is 0 Å². The van der Waals surface area contributed by atoms with E-state index in [9.17, 15) is 4.79 Å². The summed E-state index contributed by atoms with van der Waals surface area (Å²) in [5.74, 6) is 2.92. The molecule has 1 atom stereocenters. The van der Waals surface area contributed by atoms with Gasteiger partial charge in [-0.15, -0.1) is 0 Å². The van der Waals surface area contributed by atoms with Gasteiger partial charge in [0.05, 0.1) is 33.4 Å². The molecule has 0 N–H and O–H groups in total. The maximum atomic E-state index is 12.7. The number of likely N-dealkylation sites (N-methyl/N-ethyl adjacent to an activating group) is 1. The van der Waals surface area contributed by atoms with Gasteiger partial charge in [-0.25, -0.2) is 0 Å². The van der Waals surface area contributed by atoms with Crippen molar-refractivity contribution in [3.63, 3.8) is 0 Å². The molecule has 31 heavy (non-hydrogen) atoms. The minimum atomic E-state index is -0.692. The summed E-state index contributed by atoms with van der Waals surface area (Å²) in [7, 11) is 6.36. The van der Waals surface area contributed by atoms with Gasteiger partial charge in [0.15, 0.2) is 6.10 Å². The quantitative estimate of drug-likeness (QED) is 0.514. The van der Waals surface area contributed by atoms with Gasteiger partial charge in [-0.2, -0.15) is 4.98 Å². The lowest BCUT2D eigenvalue weighted by molar-refractivity contribution is -0.137. The average Bonchev–Trinajstić information content (AvgIpc) is 3.26. The second-order valence-corrected chi connectivity index (χ2v) is 6.71. The summed E-state index contributed by atoms with van der Waals surface area (Å²) < 4.78 is 26.7. The molecule has 1 heterocycles. The Kier molecular flexibility index (Phi) is 6.96. The number of methoxy groups -OCH3 is 3. The molecule has 9 nitrogen and oxygen atoms in total. The molecule has 0 aliphatic heterocycles. The molecule has 1 amide bonds. The highest BCUT2D eigenvalue weighted by Crippen LogP contribution is 2.31. The molecule has 3 rings (SSSR count). The molecule has 0 bridgehead atoms. The second kappa shape index (κ2) is 9.84. The van der Waals surface area contributed by atoms with Gasteiger partial charge < -0.3 is 28.4 Å². The lowest BCUT2D eigenvalue weighted by atomic mass is 10.2. The minimum absolute atomic E-state index is 0.140. The van der Waals surface area contributed by atoms with Crippen molar-refractivity contribution in [1.82, 2.24) is 15.0 Å². The molecule has 2 aromatic carbocycles. The lowest BCUT2D eigenvalue weighted by Gasteiger charge is -2.20. The molecule has 164 valence electrons. The van der Waals surface area contributed by atoms with Crippen molar-refractivity contribution in [1.29, 1.82) is 0 Å². The fourth-order valence-electron chi connectivity index (χ4n) is 2.91. The van der Waals surface area contributed by atoms with Crippen LogP contribution >= 0.6 is 0 Å². The van der Waals surface area contributed by atoms with Crippen LogP contribution in [0, 0.1) is 0 Å². The summed E-state index contributed by atoms with van der Waals surface area (Å²) in [6.45, 7) is 1.82. The topological polar surface area (TPSA) is 96.2 Å². The number of carbonyl (C=O) groups is 1. The third-order valence-corrected chi connectivity index (χ3v) is 4.59. The first-order valence-electron chi connectivity index (χ1n) is 9.55. The van der Waals surface area contributed by atoms with E-state index in [1.165, 1.54) is 4.90 Å². The van der Waals surface area contributed by atoms with Crippen molar-refractivity contribution < 1.29 is 28.3 Å². The Labute approximate surface area is 180 Å². The Hall–Kier alpha value is -3.75. The first-order chi connectivity index (χ1) is 14.9. The lowest BCUT2D eigenvalue weighted by Crippen LogP contribution is -2.37. The zero-order valence-corrected chi connectivity index (χ0v) is 18.1. The molecule has 3 aromatic rings. The van der Waals surface area contributed by atoms with Crippen LogP contribution in [0.25, 0.3) is 11.4 Å². The zero-order valence-electron chi connectivity index (χ0n) is 18.1. The summed E-state index contributed by atoms with van der Waals surface area (Å²) in [5.41, 5.74) is 0.656. The zero-order chi connectivity index (χ0) is 22.4. The first kappa shape index (κ1) is 21.9. The summed E-state index contributed by atoms with van der Waals surface area (Å²) in [5, 5.41) is 4.00. The van der Waals surface area contributed by atoms with Gasteiger partial charge in [0.1, 0.15) is 23.0 Å². The third kappa shape index (κ3) is 5.25. The highest BCUT2D eigenvalue weighted by molar-refractivity contribution is 5.80. The van der Waals surface area contributed by atoms with Crippen molar-refractivity contribution in [3.8, 4) is 34.4 Å². The Morgan fingerprint density at radius 1 is 1.00 bits per heavy atom. The van der Waals surface area contributed by atoms with E-state index in [2.05, 4.69) is 10.1 Å². The smallest absolute Gasteiger partial charge is 0.263 e. The molecular formula is C22H25N3O6. The van der Waals surface area contributed by atoms with Gasteiger partial charge in [0.2, 0.25) is 11.7 Å². The van der Waals surface area contributed by atoms with Crippen LogP contribution in [-0.4, -0.2) is 55.4 Å². The second-order valence-electron chi connectivity index (χ2n) is 6.71. The van der Waals surface area contributed by atoms with Gasteiger partial charge in [-0.05, 0) is 43.3 Å². The number of ether oxygens (including phenoxy) is 4. The largest absolute Gasteiger partial charge is 0.497 e. The molecule has 0 saturated heterocycles. The van der Waals surface area contributed by atoms with E-state index in [-0.39, 0.29) is 12.5 Å². The number of amides is 1. The van der Waals surface area contributed by atoms with Crippen molar-refractivity contribution in [3.05, 3.63) is 48.4 Å². The van der Waals surface area contributed by atoms with E-state index < -0.39 is 6.10 Å². The number of carbonyl (C=O) groups excluding carboxylic acids is 1. The molecule has 1 aromatic heterocycles. The summed E-state index contributed by atoms with van der Waals surface area (Å²) in [6, 6.07) is 12.3. The van der Waals surface area contributed by atoms with Crippen LogP contribution in [0.15, 0.2) is 47.0 Å². The average molecular weight is 427 g/mol. The van der Waals surface area contributed by atoms with Crippen LogP contribution < -0.4 is 18.9 Å². The highest BCUT2D eigenvalue weighted by Gasteiger charge is 2.22. The summed E-state index contributed by atoms with van der Waals surface area (Å²) in [6.07, 6.45) is -0.692. The van der Waals surface area contributed by atoms with E-state index in [4.69, 9.17) is 23.5 Å². The fraction of sp³-hybridized carbons (Fsp3) is 0.318. The molecule has 0 aliphatic carbocycles. The van der Waals surface area contributed by atoms with Crippen LogP contribution in [0.5, 0.6) is 23.0 Å². The first-order valence-corrected chi connectivity index (χ1v) is 9.55. The number of nitrogens with zero attached hydrogens (tertiary/aromatic N) is 3. The fourth-order valence-corrected chi connectivity index (χ4v) is 2.91. The van der Waals surface area contributed by atoms with E-state index in [1.54, 1.807) is 77.8 Å². The van der Waals surface area contributed by atoms with Gasteiger partial charge >= 0.3 is 0 Å². The van der Waals surface area contributed by atoms with E-state index in [0.717, 1.165) is 0 Å². The number of rotatable bonds is 9. The molecule has 0 spiro atoms. The minimum Gasteiger partial charge on any atom is -0.497 e. The van der Waals surface area contributed by atoms with Crippen molar-refractivity contribution in [2.45, 2.75) is 19.6 Å². The number of aromatic nitrogens is 2. The van der Waals surface area contributed by atoms with Crippen LogP contribution in [-0.2, 0) is 11.3 Å². The molecule has 9 heteroatoms. The SMILES string of the molecule is COc1ccc(O[C@H](C)C(=O)N(C)Cc2nc(-c3ccc(OC)cc3OC)no2)cc1. The third-order valence-electron chi connectivity index (χ3n) is 4.59. The van der Waals surface area contributed by atoms with Gasteiger partial charge in [0, 0.05) is 13.1 Å². The van der Waals surface area contributed by atoms with Crippen LogP contribution in [0.4, 0.5) is 0 Å². The summed E-state index contributed by atoms with van der Waals surface area (Å²) in [4.78, 5) is 18.5. The maximum absolute atomic E-state index is 12.7. The molecule has 0 fully saturated rings. The van der Waals surface area contributed by atoms with E-state index >= 15 is 0 Å². The molecule has 0 aliphatic rings. The molecule has 0 unspecified atom stereocenters. The Morgan fingerprint density at radius 2 is 1.65 bits per heavy atom. The number of hydrogen-bond donors (Lipinski definition) is 0. The molecule has 0 radical (unpaired) electrons. The Morgan fingerprint density at radius 3 is 2.29 bits per heavy atom. The van der Waals surface area contributed by atoms with Crippen LogP contribution in [0.1, 0.15) is 12.8 Å². The molecule has 0 saturated carbocycles. The van der Waals surface area contributed by atoms with E-state index in [1.807, 2.05) is 0 Å². The van der Waals surface area contributed by atoms with Gasteiger partial charge in [-0.3, -0.25) is 4.79 Å². The Balaban J connectivity index is 1.64. The van der Waals surface area contributed by atoms with Crippen molar-refractivity contribution in [2.75, 3.05) is 28.4 Å².